The molecule has 2 heterocycles. The van der Waals surface area contributed by atoms with Crippen molar-refractivity contribution in [3.8, 4) is 0 Å². The maximum atomic E-state index is 11.6. The van der Waals surface area contributed by atoms with Crippen LogP contribution in [-0.4, -0.2) is 43.5 Å². The molecule has 5 nitrogen and oxygen atoms in total. The molecule has 0 bridgehead atoms. The summed E-state index contributed by atoms with van der Waals surface area (Å²) in [5, 5.41) is 9.93. The van der Waals surface area contributed by atoms with Crippen molar-refractivity contribution in [3.05, 3.63) is 18.3 Å². The molecule has 1 saturated heterocycles. The zero-order valence-corrected chi connectivity index (χ0v) is 10.7. The van der Waals surface area contributed by atoms with E-state index in [0.29, 0.717) is 25.3 Å². The van der Waals surface area contributed by atoms with Gasteiger partial charge in [-0.05, 0) is 18.6 Å². The van der Waals surface area contributed by atoms with Gasteiger partial charge in [-0.25, -0.2) is 13.4 Å². The van der Waals surface area contributed by atoms with Gasteiger partial charge in [0.25, 0.3) is 0 Å². The van der Waals surface area contributed by atoms with E-state index in [1.54, 1.807) is 23.2 Å². The lowest BCUT2D eigenvalue weighted by Crippen LogP contribution is -2.62. The first-order chi connectivity index (χ1) is 7.86. The van der Waals surface area contributed by atoms with Crippen LogP contribution in [0.15, 0.2) is 23.2 Å². The number of hydrogen-bond acceptors (Lipinski definition) is 5. The standard InChI is InChI=1S/C11H16N2O3S/c1-3-11(14)7-13(8-11)10-9(17(2,15)16)5-4-6-12-10/h4-6,14H,3,7-8H2,1-2H3. The first-order valence-corrected chi connectivity index (χ1v) is 7.37. The van der Waals surface area contributed by atoms with Crippen molar-refractivity contribution < 1.29 is 13.5 Å². The van der Waals surface area contributed by atoms with Gasteiger partial charge in [-0.1, -0.05) is 6.92 Å². The fourth-order valence-corrected chi connectivity index (χ4v) is 2.79. The highest BCUT2D eigenvalue weighted by atomic mass is 32.2. The summed E-state index contributed by atoms with van der Waals surface area (Å²) in [6, 6.07) is 3.15. The fourth-order valence-electron chi connectivity index (χ4n) is 1.95. The zero-order chi connectivity index (χ0) is 12.7. The van der Waals surface area contributed by atoms with Gasteiger partial charge in [-0.15, -0.1) is 0 Å². The van der Waals surface area contributed by atoms with Crippen LogP contribution in [-0.2, 0) is 9.84 Å². The summed E-state index contributed by atoms with van der Waals surface area (Å²) in [5.74, 6) is 0.438. The van der Waals surface area contributed by atoms with Gasteiger partial charge >= 0.3 is 0 Å². The fraction of sp³-hybridized carbons (Fsp3) is 0.545. The van der Waals surface area contributed by atoms with Crippen LogP contribution in [0.1, 0.15) is 13.3 Å². The molecule has 0 amide bonds. The maximum Gasteiger partial charge on any atom is 0.179 e. The smallest absolute Gasteiger partial charge is 0.179 e. The summed E-state index contributed by atoms with van der Waals surface area (Å²) < 4.78 is 23.2. The van der Waals surface area contributed by atoms with Crippen LogP contribution in [0.3, 0.4) is 0 Å². The highest BCUT2D eigenvalue weighted by molar-refractivity contribution is 7.90. The minimum Gasteiger partial charge on any atom is -0.386 e. The van der Waals surface area contributed by atoms with Crippen molar-refractivity contribution in [2.45, 2.75) is 23.8 Å². The molecular weight excluding hydrogens is 240 g/mol. The highest BCUT2D eigenvalue weighted by Crippen LogP contribution is 2.32. The Morgan fingerprint density at radius 2 is 2.18 bits per heavy atom. The van der Waals surface area contributed by atoms with E-state index in [1.807, 2.05) is 6.92 Å². The highest BCUT2D eigenvalue weighted by Gasteiger charge is 2.41. The van der Waals surface area contributed by atoms with Gasteiger partial charge in [-0.2, -0.15) is 0 Å². The summed E-state index contributed by atoms with van der Waals surface area (Å²) in [6.45, 7) is 2.78. The van der Waals surface area contributed by atoms with Crippen LogP contribution in [0.5, 0.6) is 0 Å². The van der Waals surface area contributed by atoms with E-state index in [9.17, 15) is 13.5 Å². The van der Waals surface area contributed by atoms with Gasteiger partial charge in [0.1, 0.15) is 10.7 Å². The van der Waals surface area contributed by atoms with Crippen LogP contribution in [0, 0.1) is 0 Å². The Hall–Kier alpha value is -1.14. The Bertz CT molecular complexity index is 521. The molecular formula is C11H16N2O3S. The summed E-state index contributed by atoms with van der Waals surface area (Å²) >= 11 is 0. The van der Waals surface area contributed by atoms with Crippen LogP contribution in [0.2, 0.25) is 0 Å². The van der Waals surface area contributed by atoms with E-state index in [-0.39, 0.29) is 4.90 Å². The topological polar surface area (TPSA) is 70.5 Å². The lowest BCUT2D eigenvalue weighted by Gasteiger charge is -2.47. The molecule has 94 valence electrons. The predicted octanol–water partition coefficient (Wildman–Crippen LogP) is 0.446. The number of rotatable bonds is 3. The molecule has 1 aliphatic heterocycles. The van der Waals surface area contributed by atoms with Crippen molar-refractivity contribution in [2.75, 3.05) is 24.2 Å². The Balaban J connectivity index is 2.30. The van der Waals surface area contributed by atoms with Crippen molar-refractivity contribution in [1.29, 1.82) is 0 Å². The lowest BCUT2D eigenvalue weighted by molar-refractivity contribution is 0.00774. The van der Waals surface area contributed by atoms with Gasteiger partial charge in [0.2, 0.25) is 0 Å². The molecule has 1 aromatic heterocycles. The SMILES string of the molecule is CCC1(O)CN(c2ncccc2S(C)(=O)=O)C1. The van der Waals surface area contributed by atoms with Crippen molar-refractivity contribution in [1.82, 2.24) is 4.98 Å². The Morgan fingerprint density at radius 1 is 1.53 bits per heavy atom. The summed E-state index contributed by atoms with van der Waals surface area (Å²) in [7, 11) is -3.28. The first-order valence-electron chi connectivity index (χ1n) is 5.48. The number of hydrogen-bond donors (Lipinski definition) is 1. The predicted molar refractivity (Wildman–Crippen MR) is 64.8 cm³/mol. The molecule has 0 radical (unpaired) electrons. The van der Waals surface area contributed by atoms with E-state index in [4.69, 9.17) is 0 Å². The number of aliphatic hydroxyl groups is 1. The molecule has 0 aliphatic carbocycles. The van der Waals surface area contributed by atoms with E-state index >= 15 is 0 Å². The normalized spacial score (nSPS) is 18.9. The number of sulfone groups is 1. The molecule has 2 rings (SSSR count). The zero-order valence-electron chi connectivity index (χ0n) is 9.92. The first kappa shape index (κ1) is 12.3. The van der Waals surface area contributed by atoms with E-state index in [1.165, 1.54) is 6.26 Å². The second-order valence-corrected chi connectivity index (χ2v) is 6.52. The summed E-state index contributed by atoms with van der Waals surface area (Å²) in [5.41, 5.74) is -0.702. The van der Waals surface area contributed by atoms with Gasteiger partial charge < -0.3 is 10.0 Å². The van der Waals surface area contributed by atoms with E-state index < -0.39 is 15.4 Å². The minimum absolute atomic E-state index is 0.221. The minimum atomic E-state index is -3.28. The van der Waals surface area contributed by atoms with Crippen LogP contribution in [0.4, 0.5) is 5.82 Å². The summed E-state index contributed by atoms with van der Waals surface area (Å²) in [4.78, 5) is 6.11. The molecule has 0 aromatic carbocycles. The van der Waals surface area contributed by atoms with Gasteiger partial charge in [-0.3, -0.25) is 0 Å². The van der Waals surface area contributed by atoms with Crippen molar-refractivity contribution in [3.63, 3.8) is 0 Å². The molecule has 1 aromatic rings. The molecule has 17 heavy (non-hydrogen) atoms. The average molecular weight is 256 g/mol. The van der Waals surface area contributed by atoms with Gasteiger partial charge in [0, 0.05) is 12.5 Å². The Kier molecular flexibility index (Phi) is 2.87. The van der Waals surface area contributed by atoms with Crippen molar-refractivity contribution in [2.24, 2.45) is 0 Å². The third-order valence-corrected chi connectivity index (χ3v) is 4.20. The molecule has 0 spiro atoms. The van der Waals surface area contributed by atoms with Crippen LogP contribution < -0.4 is 4.90 Å². The van der Waals surface area contributed by atoms with Crippen molar-refractivity contribution >= 4 is 15.7 Å². The number of anilines is 1. The Morgan fingerprint density at radius 3 is 2.71 bits per heavy atom. The Labute approximate surface area is 101 Å². The van der Waals surface area contributed by atoms with E-state index in [2.05, 4.69) is 4.98 Å². The van der Waals surface area contributed by atoms with Gasteiger partial charge in [0.05, 0.1) is 18.7 Å². The van der Waals surface area contributed by atoms with Crippen LogP contribution >= 0.6 is 0 Å². The number of nitrogens with zero attached hydrogens (tertiary/aromatic N) is 2. The number of aromatic nitrogens is 1. The molecule has 1 aliphatic rings. The molecule has 6 heteroatoms. The molecule has 1 N–H and O–H groups in total. The van der Waals surface area contributed by atoms with E-state index in [0.717, 1.165) is 0 Å². The monoisotopic (exact) mass is 256 g/mol. The maximum absolute atomic E-state index is 11.6. The average Bonchev–Trinajstić information content (AvgIpc) is 2.23. The van der Waals surface area contributed by atoms with Gasteiger partial charge in [0.15, 0.2) is 9.84 Å². The molecule has 0 unspecified atom stereocenters. The largest absolute Gasteiger partial charge is 0.386 e. The molecule has 0 saturated carbocycles. The summed E-state index contributed by atoms with van der Waals surface area (Å²) in [6.07, 6.45) is 3.39. The van der Waals surface area contributed by atoms with Crippen LogP contribution in [0.25, 0.3) is 0 Å². The second kappa shape index (κ2) is 3.96. The number of β-amino-alcohol motifs (C(OH)–C–C–N with tert-alkyl or cyclic N) is 1. The molecule has 0 atom stereocenters. The number of pyridine rings is 1. The second-order valence-electron chi connectivity index (χ2n) is 4.53. The molecule has 1 fully saturated rings. The lowest BCUT2D eigenvalue weighted by atomic mass is 9.91. The quantitative estimate of drug-likeness (QED) is 0.850. The third-order valence-electron chi connectivity index (χ3n) is 3.08. The third kappa shape index (κ3) is 2.28.